The molecule has 0 radical (unpaired) electrons. The molecular formula is C12H22O. The average molecular weight is 182 g/mol. The van der Waals surface area contributed by atoms with Crippen LogP contribution in [-0.4, -0.2) is 5.78 Å². The zero-order chi connectivity index (χ0) is 9.84. The summed E-state index contributed by atoms with van der Waals surface area (Å²) in [6.45, 7) is 6.90. The van der Waals surface area contributed by atoms with Gasteiger partial charge in [-0.3, -0.25) is 4.79 Å². The van der Waals surface area contributed by atoms with Gasteiger partial charge in [0.15, 0.2) is 0 Å². The molecule has 1 unspecified atom stereocenters. The minimum absolute atomic E-state index is 0.481. The van der Waals surface area contributed by atoms with Crippen LogP contribution in [0.2, 0.25) is 0 Å². The van der Waals surface area contributed by atoms with Gasteiger partial charge in [-0.05, 0) is 30.6 Å². The standard InChI is InChI=1S/C12H22O/c1-4-12(9(2)3)10-5-7-11(13)8-6-10/h9-10,12H,4-8H2,1-3H3. The maximum absolute atomic E-state index is 11.1. The molecule has 1 aliphatic rings. The molecule has 0 N–H and O–H groups in total. The van der Waals surface area contributed by atoms with Crippen molar-refractivity contribution in [2.75, 3.05) is 0 Å². The predicted octanol–water partition coefficient (Wildman–Crippen LogP) is 3.43. The monoisotopic (exact) mass is 182 g/mol. The van der Waals surface area contributed by atoms with Gasteiger partial charge in [0.1, 0.15) is 5.78 Å². The lowest BCUT2D eigenvalue weighted by atomic mass is 9.74. The second kappa shape index (κ2) is 4.78. The fourth-order valence-corrected chi connectivity index (χ4v) is 2.74. The van der Waals surface area contributed by atoms with Gasteiger partial charge in [-0.1, -0.05) is 27.2 Å². The van der Waals surface area contributed by atoms with Gasteiger partial charge in [0.2, 0.25) is 0 Å². The number of ketones is 1. The molecule has 0 aliphatic heterocycles. The number of Topliss-reactive ketones (excluding diaryl/α,β-unsaturated/α-hetero) is 1. The summed E-state index contributed by atoms with van der Waals surface area (Å²) in [7, 11) is 0. The summed E-state index contributed by atoms with van der Waals surface area (Å²) in [6, 6.07) is 0. The zero-order valence-electron chi connectivity index (χ0n) is 9.18. The third-order valence-electron chi connectivity index (χ3n) is 3.52. The number of rotatable bonds is 3. The van der Waals surface area contributed by atoms with Gasteiger partial charge in [0, 0.05) is 12.8 Å². The topological polar surface area (TPSA) is 17.1 Å². The molecule has 1 rings (SSSR count). The summed E-state index contributed by atoms with van der Waals surface area (Å²) in [5.41, 5.74) is 0. The van der Waals surface area contributed by atoms with E-state index in [2.05, 4.69) is 20.8 Å². The highest BCUT2D eigenvalue weighted by Gasteiger charge is 2.26. The first kappa shape index (κ1) is 10.7. The van der Waals surface area contributed by atoms with Gasteiger partial charge < -0.3 is 0 Å². The lowest BCUT2D eigenvalue weighted by Gasteiger charge is -2.31. The fourth-order valence-electron chi connectivity index (χ4n) is 2.74. The van der Waals surface area contributed by atoms with Crippen molar-refractivity contribution in [2.45, 2.75) is 52.9 Å². The van der Waals surface area contributed by atoms with Crippen LogP contribution in [0.5, 0.6) is 0 Å². The molecule has 0 aromatic carbocycles. The Morgan fingerprint density at radius 3 is 2.23 bits per heavy atom. The Hall–Kier alpha value is -0.330. The average Bonchev–Trinajstić information content (AvgIpc) is 2.09. The third-order valence-corrected chi connectivity index (χ3v) is 3.52. The molecule has 0 aromatic rings. The van der Waals surface area contributed by atoms with E-state index in [0.717, 1.165) is 43.4 Å². The second-order valence-electron chi connectivity index (χ2n) is 4.69. The smallest absolute Gasteiger partial charge is 0.132 e. The van der Waals surface area contributed by atoms with Gasteiger partial charge >= 0.3 is 0 Å². The van der Waals surface area contributed by atoms with Crippen LogP contribution in [0.3, 0.4) is 0 Å². The Bertz CT molecular complexity index is 162. The molecule has 0 amide bonds. The van der Waals surface area contributed by atoms with E-state index in [4.69, 9.17) is 0 Å². The van der Waals surface area contributed by atoms with Crippen LogP contribution in [-0.2, 0) is 4.79 Å². The summed E-state index contributed by atoms with van der Waals surface area (Å²) < 4.78 is 0. The molecule has 1 aliphatic carbocycles. The summed E-state index contributed by atoms with van der Waals surface area (Å²) in [5, 5.41) is 0. The van der Waals surface area contributed by atoms with E-state index in [1.807, 2.05) is 0 Å². The molecular weight excluding hydrogens is 160 g/mol. The van der Waals surface area contributed by atoms with Crippen molar-refractivity contribution in [3.05, 3.63) is 0 Å². The molecule has 0 spiro atoms. The number of carbonyl (C=O) groups is 1. The first-order valence-corrected chi connectivity index (χ1v) is 5.66. The highest BCUT2D eigenvalue weighted by atomic mass is 16.1. The van der Waals surface area contributed by atoms with Crippen molar-refractivity contribution in [3.63, 3.8) is 0 Å². The van der Waals surface area contributed by atoms with Gasteiger partial charge in [0.25, 0.3) is 0 Å². The number of carbonyl (C=O) groups excluding carboxylic acids is 1. The molecule has 1 atom stereocenters. The second-order valence-corrected chi connectivity index (χ2v) is 4.69. The highest BCUT2D eigenvalue weighted by Crippen LogP contribution is 2.34. The minimum Gasteiger partial charge on any atom is -0.300 e. The molecule has 13 heavy (non-hydrogen) atoms. The zero-order valence-corrected chi connectivity index (χ0v) is 9.18. The Balaban J connectivity index is 2.46. The minimum atomic E-state index is 0.481. The van der Waals surface area contributed by atoms with E-state index >= 15 is 0 Å². The van der Waals surface area contributed by atoms with E-state index in [-0.39, 0.29) is 0 Å². The summed E-state index contributed by atoms with van der Waals surface area (Å²) in [4.78, 5) is 11.1. The van der Waals surface area contributed by atoms with Crippen LogP contribution in [0.15, 0.2) is 0 Å². The molecule has 1 fully saturated rings. The van der Waals surface area contributed by atoms with Crippen molar-refractivity contribution in [1.29, 1.82) is 0 Å². The first-order chi connectivity index (χ1) is 6.15. The fraction of sp³-hybridized carbons (Fsp3) is 0.917. The first-order valence-electron chi connectivity index (χ1n) is 5.66. The van der Waals surface area contributed by atoms with Gasteiger partial charge in [0.05, 0.1) is 0 Å². The summed E-state index contributed by atoms with van der Waals surface area (Å²) in [5.74, 6) is 2.92. The molecule has 0 bridgehead atoms. The van der Waals surface area contributed by atoms with E-state index in [1.165, 1.54) is 6.42 Å². The normalized spacial score (nSPS) is 22.3. The quantitative estimate of drug-likeness (QED) is 0.653. The maximum Gasteiger partial charge on any atom is 0.132 e. The van der Waals surface area contributed by atoms with Gasteiger partial charge in [-0.2, -0.15) is 0 Å². The van der Waals surface area contributed by atoms with Crippen LogP contribution in [0.4, 0.5) is 0 Å². The van der Waals surface area contributed by atoms with Crippen molar-refractivity contribution >= 4 is 5.78 Å². The SMILES string of the molecule is CCC(C(C)C)C1CCC(=O)CC1. The van der Waals surface area contributed by atoms with Crippen molar-refractivity contribution in [3.8, 4) is 0 Å². The molecule has 0 aromatic heterocycles. The van der Waals surface area contributed by atoms with Crippen LogP contribution in [0.25, 0.3) is 0 Å². The number of hydrogen-bond acceptors (Lipinski definition) is 1. The van der Waals surface area contributed by atoms with Crippen molar-refractivity contribution in [2.24, 2.45) is 17.8 Å². The summed E-state index contributed by atoms with van der Waals surface area (Å²) in [6.07, 6.45) is 5.25. The molecule has 0 heterocycles. The van der Waals surface area contributed by atoms with Crippen LogP contribution >= 0.6 is 0 Å². The highest BCUT2D eigenvalue weighted by molar-refractivity contribution is 5.79. The largest absolute Gasteiger partial charge is 0.300 e. The van der Waals surface area contributed by atoms with E-state index in [0.29, 0.717) is 5.78 Å². The molecule has 0 saturated heterocycles. The van der Waals surface area contributed by atoms with E-state index < -0.39 is 0 Å². The van der Waals surface area contributed by atoms with Crippen molar-refractivity contribution in [1.82, 2.24) is 0 Å². The summed E-state index contributed by atoms with van der Waals surface area (Å²) >= 11 is 0. The Morgan fingerprint density at radius 2 is 1.85 bits per heavy atom. The van der Waals surface area contributed by atoms with E-state index in [9.17, 15) is 4.79 Å². The Labute approximate surface area is 81.9 Å². The Kier molecular flexibility index (Phi) is 3.95. The molecule has 76 valence electrons. The van der Waals surface area contributed by atoms with Gasteiger partial charge in [-0.25, -0.2) is 0 Å². The third kappa shape index (κ3) is 2.82. The maximum atomic E-state index is 11.1. The lowest BCUT2D eigenvalue weighted by molar-refractivity contribution is -0.121. The lowest BCUT2D eigenvalue weighted by Crippen LogP contribution is -2.24. The molecule has 1 nitrogen and oxygen atoms in total. The van der Waals surface area contributed by atoms with Crippen LogP contribution in [0.1, 0.15) is 52.9 Å². The van der Waals surface area contributed by atoms with Crippen LogP contribution < -0.4 is 0 Å². The number of hydrogen-bond donors (Lipinski definition) is 0. The van der Waals surface area contributed by atoms with E-state index in [1.54, 1.807) is 0 Å². The van der Waals surface area contributed by atoms with Gasteiger partial charge in [-0.15, -0.1) is 0 Å². The van der Waals surface area contributed by atoms with Crippen LogP contribution in [0, 0.1) is 17.8 Å². The predicted molar refractivity (Wildman–Crippen MR) is 55.6 cm³/mol. The molecule has 1 saturated carbocycles. The Morgan fingerprint density at radius 1 is 1.31 bits per heavy atom. The van der Waals surface area contributed by atoms with Crippen molar-refractivity contribution < 1.29 is 4.79 Å². The molecule has 1 heteroatoms.